The number of amides is 1. The van der Waals surface area contributed by atoms with Crippen molar-refractivity contribution in [2.75, 3.05) is 11.4 Å². The standard InChI is InChI=1S/C21H18N2O2S/c1-3-23(14-7-5-4-6-8-14)21(25)18-12-16-19(26-18)15-11-13(2)9-10-17(15)22-20(16)24/h4-12H,3H2,1-2H3,(H,22,24). The van der Waals surface area contributed by atoms with Crippen LogP contribution in [-0.4, -0.2) is 17.4 Å². The van der Waals surface area contributed by atoms with Crippen molar-refractivity contribution in [1.82, 2.24) is 4.98 Å². The lowest BCUT2D eigenvalue weighted by molar-refractivity contribution is 0.0992. The predicted molar refractivity (Wildman–Crippen MR) is 108 cm³/mol. The number of hydrogen-bond acceptors (Lipinski definition) is 3. The van der Waals surface area contributed by atoms with Crippen molar-refractivity contribution in [3.63, 3.8) is 0 Å². The van der Waals surface area contributed by atoms with Gasteiger partial charge in [0.25, 0.3) is 11.5 Å². The highest BCUT2D eigenvalue weighted by Gasteiger charge is 2.20. The molecule has 0 atom stereocenters. The largest absolute Gasteiger partial charge is 0.321 e. The van der Waals surface area contributed by atoms with Crippen LogP contribution in [-0.2, 0) is 0 Å². The Hall–Kier alpha value is -2.92. The van der Waals surface area contributed by atoms with Gasteiger partial charge < -0.3 is 9.88 Å². The lowest BCUT2D eigenvalue weighted by atomic mass is 10.1. The number of pyridine rings is 1. The fraction of sp³-hybridized carbons (Fsp3) is 0.143. The van der Waals surface area contributed by atoms with Gasteiger partial charge in [-0.3, -0.25) is 9.59 Å². The topological polar surface area (TPSA) is 53.2 Å². The van der Waals surface area contributed by atoms with Gasteiger partial charge in [0.15, 0.2) is 0 Å². The first-order valence-corrected chi connectivity index (χ1v) is 9.33. The van der Waals surface area contributed by atoms with Gasteiger partial charge in [0.1, 0.15) is 0 Å². The molecule has 0 fully saturated rings. The minimum Gasteiger partial charge on any atom is -0.321 e. The van der Waals surface area contributed by atoms with Crippen LogP contribution in [0.3, 0.4) is 0 Å². The first-order chi connectivity index (χ1) is 12.6. The van der Waals surface area contributed by atoms with Gasteiger partial charge in [-0.1, -0.05) is 29.8 Å². The molecule has 1 amide bonds. The Kier molecular flexibility index (Phi) is 4.09. The second kappa shape index (κ2) is 6.42. The van der Waals surface area contributed by atoms with Crippen LogP contribution in [0.2, 0.25) is 0 Å². The van der Waals surface area contributed by atoms with Gasteiger partial charge >= 0.3 is 0 Å². The molecule has 0 saturated heterocycles. The summed E-state index contributed by atoms with van der Waals surface area (Å²) >= 11 is 1.38. The second-order valence-electron chi connectivity index (χ2n) is 6.24. The molecule has 4 nitrogen and oxygen atoms in total. The maximum absolute atomic E-state index is 13.1. The minimum atomic E-state index is -0.158. The summed E-state index contributed by atoms with van der Waals surface area (Å²) in [5.41, 5.74) is 2.61. The van der Waals surface area contributed by atoms with E-state index in [9.17, 15) is 9.59 Å². The fourth-order valence-corrected chi connectivity index (χ4v) is 4.33. The summed E-state index contributed by atoms with van der Waals surface area (Å²) in [5, 5.41) is 1.55. The number of rotatable bonds is 3. The van der Waals surface area contributed by atoms with Crippen LogP contribution in [0.15, 0.2) is 59.4 Å². The van der Waals surface area contributed by atoms with E-state index in [1.54, 1.807) is 11.0 Å². The maximum Gasteiger partial charge on any atom is 0.268 e. The van der Waals surface area contributed by atoms with Crippen LogP contribution in [0, 0.1) is 6.92 Å². The second-order valence-corrected chi connectivity index (χ2v) is 7.29. The molecular formula is C21H18N2O2S. The van der Waals surface area contributed by atoms with Crippen LogP contribution < -0.4 is 10.5 Å². The van der Waals surface area contributed by atoms with Crippen molar-refractivity contribution in [1.29, 1.82) is 0 Å². The number of fused-ring (bicyclic) bond motifs is 3. The first-order valence-electron chi connectivity index (χ1n) is 8.51. The van der Waals surface area contributed by atoms with Crippen LogP contribution in [0.25, 0.3) is 21.0 Å². The number of para-hydroxylation sites is 1. The third-order valence-electron chi connectivity index (χ3n) is 4.48. The van der Waals surface area contributed by atoms with Gasteiger partial charge in [-0.25, -0.2) is 0 Å². The highest BCUT2D eigenvalue weighted by atomic mass is 32.1. The summed E-state index contributed by atoms with van der Waals surface area (Å²) in [4.78, 5) is 30.7. The van der Waals surface area contributed by atoms with E-state index in [2.05, 4.69) is 4.98 Å². The Morgan fingerprint density at radius 1 is 1.08 bits per heavy atom. The molecule has 0 saturated carbocycles. The average molecular weight is 362 g/mol. The molecule has 0 aliphatic heterocycles. The molecule has 2 aromatic carbocycles. The number of carbonyl (C=O) groups excluding carboxylic acids is 1. The number of hydrogen-bond donors (Lipinski definition) is 1. The van der Waals surface area contributed by atoms with Crippen LogP contribution in [0.1, 0.15) is 22.2 Å². The van der Waals surface area contributed by atoms with Gasteiger partial charge in [0, 0.05) is 27.8 Å². The Balaban J connectivity index is 1.88. The number of H-pyrrole nitrogens is 1. The lowest BCUT2D eigenvalue weighted by Crippen LogP contribution is -2.29. The van der Waals surface area contributed by atoms with Crippen LogP contribution >= 0.6 is 11.3 Å². The zero-order valence-electron chi connectivity index (χ0n) is 14.6. The molecule has 2 aromatic heterocycles. The lowest BCUT2D eigenvalue weighted by Gasteiger charge is -2.20. The van der Waals surface area contributed by atoms with Crippen molar-refractivity contribution in [3.8, 4) is 0 Å². The summed E-state index contributed by atoms with van der Waals surface area (Å²) < 4.78 is 0.861. The van der Waals surface area contributed by atoms with Gasteiger partial charge in [0.2, 0.25) is 0 Å². The molecule has 0 unspecified atom stereocenters. The van der Waals surface area contributed by atoms with Crippen molar-refractivity contribution in [3.05, 3.63) is 75.4 Å². The average Bonchev–Trinajstić information content (AvgIpc) is 3.10. The number of carbonyl (C=O) groups is 1. The molecule has 130 valence electrons. The molecule has 0 aliphatic carbocycles. The molecule has 4 rings (SSSR count). The Morgan fingerprint density at radius 2 is 1.85 bits per heavy atom. The molecular weight excluding hydrogens is 344 g/mol. The molecule has 0 bridgehead atoms. The minimum absolute atomic E-state index is 0.0832. The van der Waals surface area contributed by atoms with E-state index >= 15 is 0 Å². The summed E-state index contributed by atoms with van der Waals surface area (Å²) in [7, 11) is 0. The van der Waals surface area contributed by atoms with Gasteiger partial charge in [-0.2, -0.15) is 0 Å². The normalized spacial score (nSPS) is 11.2. The molecule has 0 spiro atoms. The van der Waals surface area contributed by atoms with Crippen molar-refractivity contribution < 1.29 is 4.79 Å². The summed E-state index contributed by atoms with van der Waals surface area (Å²) in [6, 6.07) is 17.2. The Bertz CT molecular complexity index is 1180. The number of aryl methyl sites for hydroxylation is 1. The van der Waals surface area contributed by atoms with E-state index in [0.717, 1.165) is 26.9 Å². The number of thiophene rings is 1. The van der Waals surface area contributed by atoms with E-state index < -0.39 is 0 Å². The number of nitrogens with zero attached hydrogens (tertiary/aromatic N) is 1. The summed E-state index contributed by atoms with van der Waals surface area (Å²) in [5.74, 6) is -0.0832. The van der Waals surface area contributed by atoms with Crippen LogP contribution in [0.4, 0.5) is 5.69 Å². The summed E-state index contributed by atoms with van der Waals surface area (Å²) in [6.07, 6.45) is 0. The number of nitrogens with one attached hydrogen (secondary N) is 1. The van der Waals surface area contributed by atoms with Gasteiger partial charge in [0.05, 0.1) is 10.3 Å². The zero-order chi connectivity index (χ0) is 18.3. The van der Waals surface area contributed by atoms with E-state index in [4.69, 9.17) is 0 Å². The highest BCUT2D eigenvalue weighted by molar-refractivity contribution is 7.21. The number of aromatic amines is 1. The van der Waals surface area contributed by atoms with Crippen molar-refractivity contribution in [2.24, 2.45) is 0 Å². The monoisotopic (exact) mass is 362 g/mol. The molecule has 26 heavy (non-hydrogen) atoms. The summed E-state index contributed by atoms with van der Waals surface area (Å²) in [6.45, 7) is 4.53. The van der Waals surface area contributed by atoms with E-state index in [0.29, 0.717) is 16.8 Å². The third kappa shape index (κ3) is 2.70. The van der Waals surface area contributed by atoms with Gasteiger partial charge in [-0.05, 0) is 44.2 Å². The highest BCUT2D eigenvalue weighted by Crippen LogP contribution is 2.31. The molecule has 1 N–H and O–H groups in total. The third-order valence-corrected chi connectivity index (χ3v) is 5.64. The quantitative estimate of drug-likeness (QED) is 0.573. The zero-order valence-corrected chi connectivity index (χ0v) is 15.4. The Labute approximate surface area is 154 Å². The number of anilines is 1. The van der Waals surface area contributed by atoms with E-state index in [1.807, 2.05) is 62.4 Å². The number of aromatic nitrogens is 1. The molecule has 2 heterocycles. The predicted octanol–water partition coefficient (Wildman–Crippen LogP) is 4.72. The molecule has 0 radical (unpaired) electrons. The van der Waals surface area contributed by atoms with E-state index in [1.165, 1.54) is 11.3 Å². The SMILES string of the molecule is CCN(C(=O)c1cc2c(=O)[nH]c3ccc(C)cc3c2s1)c1ccccc1. The molecule has 0 aliphatic rings. The van der Waals surface area contributed by atoms with Gasteiger partial charge in [-0.15, -0.1) is 11.3 Å². The first kappa shape index (κ1) is 16.5. The van der Waals surface area contributed by atoms with E-state index in [-0.39, 0.29) is 11.5 Å². The van der Waals surface area contributed by atoms with Crippen LogP contribution in [0.5, 0.6) is 0 Å². The number of benzene rings is 2. The molecule has 5 heteroatoms. The smallest absolute Gasteiger partial charge is 0.268 e. The van der Waals surface area contributed by atoms with Crippen molar-refractivity contribution in [2.45, 2.75) is 13.8 Å². The Morgan fingerprint density at radius 3 is 2.58 bits per heavy atom. The van der Waals surface area contributed by atoms with Crippen molar-refractivity contribution >= 4 is 43.9 Å². The molecule has 4 aromatic rings. The maximum atomic E-state index is 13.1. The fourth-order valence-electron chi connectivity index (χ4n) is 3.19.